The van der Waals surface area contributed by atoms with Crippen molar-refractivity contribution in [3.8, 4) is 5.75 Å². The van der Waals surface area contributed by atoms with Gasteiger partial charge in [0.05, 0.1) is 15.6 Å². The Balaban J connectivity index is 2.13. The van der Waals surface area contributed by atoms with Gasteiger partial charge in [-0.1, -0.05) is 23.2 Å². The normalized spacial score (nSPS) is 18.3. The number of hydrogen-bond donors (Lipinski definition) is 3. The molecule has 1 aliphatic rings. The van der Waals surface area contributed by atoms with Crippen LogP contribution in [-0.2, 0) is 9.59 Å². The number of benzene rings is 1. The van der Waals surface area contributed by atoms with Gasteiger partial charge < -0.3 is 20.3 Å². The molecular formula is C15H13Cl2NO5. The third-order valence-electron chi connectivity index (χ3n) is 3.14. The molecule has 2 rings (SSSR count). The summed E-state index contributed by atoms with van der Waals surface area (Å²) in [5, 5.41) is 21.6. The Kier molecular flexibility index (Phi) is 5.65. The first-order valence-corrected chi connectivity index (χ1v) is 7.35. The molecule has 1 aliphatic heterocycles. The molecule has 0 saturated carbocycles. The van der Waals surface area contributed by atoms with Crippen LogP contribution in [-0.4, -0.2) is 34.7 Å². The van der Waals surface area contributed by atoms with E-state index in [1.54, 1.807) is 24.3 Å². The standard InChI is InChI=1S/C15H13Cl2NO5/c16-11-2-1-8(5-12(11)17)23-9-3-4-18-13(6-9)10(15(21)22)7-14(19)20/h1-3,5,7,13,18H,4,6H2,(H,19,20)(H,21,22)/b10-7+. The Bertz CT molecular complexity index is 699. The molecular weight excluding hydrogens is 345 g/mol. The van der Waals surface area contributed by atoms with Crippen LogP contribution >= 0.6 is 23.2 Å². The lowest BCUT2D eigenvalue weighted by molar-refractivity contribution is -0.135. The summed E-state index contributed by atoms with van der Waals surface area (Å²) in [6.07, 6.45) is 2.63. The van der Waals surface area contributed by atoms with Gasteiger partial charge in [-0.3, -0.25) is 0 Å². The lowest BCUT2D eigenvalue weighted by Gasteiger charge is -2.24. The molecule has 6 nitrogen and oxygen atoms in total. The summed E-state index contributed by atoms with van der Waals surface area (Å²) in [6.45, 7) is 0.353. The maximum absolute atomic E-state index is 11.2. The summed E-state index contributed by atoms with van der Waals surface area (Å²) < 4.78 is 5.67. The van der Waals surface area contributed by atoms with E-state index in [9.17, 15) is 9.59 Å². The molecule has 0 fully saturated rings. The molecule has 0 saturated heterocycles. The number of carboxylic acid groups (broad SMARTS) is 2. The molecule has 0 radical (unpaired) electrons. The van der Waals surface area contributed by atoms with Crippen LogP contribution in [0.4, 0.5) is 0 Å². The molecule has 23 heavy (non-hydrogen) atoms. The maximum atomic E-state index is 11.2. The van der Waals surface area contributed by atoms with Crippen molar-refractivity contribution < 1.29 is 24.5 Å². The number of rotatable bonds is 5. The third-order valence-corrected chi connectivity index (χ3v) is 3.88. The van der Waals surface area contributed by atoms with E-state index in [2.05, 4.69) is 5.32 Å². The Hall–Kier alpha value is -2.02. The lowest BCUT2D eigenvalue weighted by Crippen LogP contribution is -2.38. The van der Waals surface area contributed by atoms with Crippen LogP contribution in [0.5, 0.6) is 5.75 Å². The molecule has 0 aromatic heterocycles. The molecule has 1 aromatic rings. The van der Waals surface area contributed by atoms with E-state index in [0.29, 0.717) is 34.2 Å². The lowest BCUT2D eigenvalue weighted by atomic mass is 9.99. The molecule has 3 N–H and O–H groups in total. The molecule has 1 unspecified atom stereocenters. The first kappa shape index (κ1) is 17.3. The van der Waals surface area contributed by atoms with Crippen LogP contribution in [0, 0.1) is 0 Å². The minimum Gasteiger partial charge on any atom is -0.478 e. The summed E-state index contributed by atoms with van der Waals surface area (Å²) in [5.41, 5.74) is -0.235. The number of aliphatic carboxylic acids is 2. The van der Waals surface area contributed by atoms with Gasteiger partial charge in [0.1, 0.15) is 11.5 Å². The molecule has 8 heteroatoms. The predicted octanol–water partition coefficient (Wildman–Crippen LogP) is 2.71. The molecule has 0 bridgehead atoms. The second-order valence-electron chi connectivity index (χ2n) is 4.76. The average Bonchev–Trinajstić information content (AvgIpc) is 2.48. The Morgan fingerprint density at radius 2 is 2.00 bits per heavy atom. The quantitative estimate of drug-likeness (QED) is 0.701. The Labute approximate surface area is 142 Å². The van der Waals surface area contributed by atoms with Gasteiger partial charge in [0, 0.05) is 31.1 Å². The number of carboxylic acids is 2. The Morgan fingerprint density at radius 1 is 1.26 bits per heavy atom. The summed E-state index contributed by atoms with van der Waals surface area (Å²) in [5.74, 6) is -1.62. The molecule has 0 aliphatic carbocycles. The van der Waals surface area contributed by atoms with E-state index >= 15 is 0 Å². The van der Waals surface area contributed by atoms with Crippen LogP contribution in [0.3, 0.4) is 0 Å². The van der Waals surface area contributed by atoms with Crippen molar-refractivity contribution in [2.75, 3.05) is 6.54 Å². The van der Waals surface area contributed by atoms with Crippen LogP contribution in [0.15, 0.2) is 41.7 Å². The zero-order valence-corrected chi connectivity index (χ0v) is 13.3. The fourth-order valence-electron chi connectivity index (χ4n) is 2.11. The molecule has 1 heterocycles. The third kappa shape index (κ3) is 4.72. The van der Waals surface area contributed by atoms with Crippen molar-refractivity contribution >= 4 is 35.1 Å². The van der Waals surface area contributed by atoms with Crippen LogP contribution in [0.1, 0.15) is 6.42 Å². The zero-order chi connectivity index (χ0) is 17.0. The number of hydrogen-bond acceptors (Lipinski definition) is 4. The van der Waals surface area contributed by atoms with Crippen LogP contribution < -0.4 is 10.1 Å². The second-order valence-corrected chi connectivity index (χ2v) is 5.57. The number of ether oxygens (including phenoxy) is 1. The van der Waals surface area contributed by atoms with Gasteiger partial charge in [0.2, 0.25) is 0 Å². The summed E-state index contributed by atoms with van der Waals surface area (Å²) in [6, 6.07) is 4.11. The zero-order valence-electron chi connectivity index (χ0n) is 11.8. The van der Waals surface area contributed by atoms with Gasteiger partial charge in [-0.2, -0.15) is 0 Å². The summed E-state index contributed by atoms with van der Waals surface area (Å²) >= 11 is 11.7. The SMILES string of the molecule is O=C(O)/C=C(/C(=O)O)C1CC(Oc2ccc(Cl)c(Cl)c2)=CCN1. The van der Waals surface area contributed by atoms with E-state index in [-0.39, 0.29) is 12.0 Å². The van der Waals surface area contributed by atoms with Gasteiger partial charge in [-0.05, 0) is 18.2 Å². The fraction of sp³-hybridized carbons (Fsp3) is 0.200. The molecule has 122 valence electrons. The van der Waals surface area contributed by atoms with E-state index in [1.165, 1.54) is 0 Å². The van der Waals surface area contributed by atoms with Crippen molar-refractivity contribution in [3.05, 3.63) is 51.7 Å². The smallest absolute Gasteiger partial charge is 0.333 e. The minimum atomic E-state index is -1.31. The van der Waals surface area contributed by atoms with E-state index in [1.807, 2.05) is 0 Å². The summed E-state index contributed by atoms with van der Waals surface area (Å²) in [4.78, 5) is 22.0. The van der Waals surface area contributed by atoms with Gasteiger partial charge in [0.15, 0.2) is 0 Å². The highest BCUT2D eigenvalue weighted by Gasteiger charge is 2.25. The van der Waals surface area contributed by atoms with Crippen molar-refractivity contribution in [2.45, 2.75) is 12.5 Å². The molecule has 1 aromatic carbocycles. The van der Waals surface area contributed by atoms with Crippen molar-refractivity contribution in [1.82, 2.24) is 5.32 Å². The first-order chi connectivity index (χ1) is 10.9. The van der Waals surface area contributed by atoms with Gasteiger partial charge in [-0.25, -0.2) is 9.59 Å². The maximum Gasteiger partial charge on any atom is 0.333 e. The average molecular weight is 358 g/mol. The second kappa shape index (κ2) is 7.50. The van der Waals surface area contributed by atoms with Crippen molar-refractivity contribution in [3.63, 3.8) is 0 Å². The topological polar surface area (TPSA) is 95.9 Å². The minimum absolute atomic E-state index is 0.200. The number of nitrogens with one attached hydrogen (secondary N) is 1. The van der Waals surface area contributed by atoms with Crippen LogP contribution in [0.25, 0.3) is 0 Å². The summed E-state index contributed by atoms with van der Waals surface area (Å²) in [7, 11) is 0. The highest BCUT2D eigenvalue weighted by atomic mass is 35.5. The molecule has 1 atom stereocenters. The first-order valence-electron chi connectivity index (χ1n) is 6.60. The van der Waals surface area contributed by atoms with Gasteiger partial charge >= 0.3 is 11.9 Å². The Morgan fingerprint density at radius 3 is 2.61 bits per heavy atom. The highest BCUT2D eigenvalue weighted by Crippen LogP contribution is 2.28. The van der Waals surface area contributed by atoms with E-state index < -0.39 is 18.0 Å². The fourth-order valence-corrected chi connectivity index (χ4v) is 2.40. The van der Waals surface area contributed by atoms with Crippen LogP contribution in [0.2, 0.25) is 10.0 Å². The number of carbonyl (C=O) groups is 2. The van der Waals surface area contributed by atoms with E-state index in [4.69, 9.17) is 38.2 Å². The van der Waals surface area contributed by atoms with E-state index in [0.717, 1.165) is 0 Å². The van der Waals surface area contributed by atoms with Crippen molar-refractivity contribution in [2.24, 2.45) is 0 Å². The molecule has 0 amide bonds. The molecule has 0 spiro atoms. The van der Waals surface area contributed by atoms with Gasteiger partial charge in [0.25, 0.3) is 0 Å². The van der Waals surface area contributed by atoms with Crippen molar-refractivity contribution in [1.29, 1.82) is 0 Å². The monoisotopic (exact) mass is 357 g/mol. The van der Waals surface area contributed by atoms with Gasteiger partial charge in [-0.15, -0.1) is 0 Å². The largest absolute Gasteiger partial charge is 0.478 e. The highest BCUT2D eigenvalue weighted by molar-refractivity contribution is 6.42. The predicted molar refractivity (Wildman–Crippen MR) is 84.9 cm³/mol. The number of halogens is 2.